The van der Waals surface area contributed by atoms with Gasteiger partial charge in [-0.25, -0.2) is 14.4 Å². The van der Waals surface area contributed by atoms with Crippen molar-refractivity contribution in [3.05, 3.63) is 49.7 Å². The van der Waals surface area contributed by atoms with Crippen LogP contribution in [0.2, 0.25) is 5.02 Å². The van der Waals surface area contributed by atoms with Gasteiger partial charge in [0.25, 0.3) is 0 Å². The van der Waals surface area contributed by atoms with Crippen LogP contribution in [0.1, 0.15) is 36.8 Å². The number of benzene rings is 1. The van der Waals surface area contributed by atoms with Gasteiger partial charge in [0.05, 0.1) is 9.26 Å². The van der Waals surface area contributed by atoms with Crippen molar-refractivity contribution >= 4 is 40.0 Å². The number of hydrogen-bond acceptors (Lipinski definition) is 3. The zero-order valence-electron chi connectivity index (χ0n) is 12.0. The van der Waals surface area contributed by atoms with Gasteiger partial charge in [-0.15, -0.1) is 0 Å². The van der Waals surface area contributed by atoms with Crippen LogP contribution in [0.15, 0.2) is 18.2 Å². The lowest BCUT2D eigenvalue weighted by atomic mass is 10.1. The van der Waals surface area contributed by atoms with E-state index in [0.29, 0.717) is 16.4 Å². The Labute approximate surface area is 142 Å². The molecule has 6 heteroatoms. The highest BCUT2D eigenvalue weighted by atomic mass is 127. The molecule has 0 spiro atoms. The van der Waals surface area contributed by atoms with Gasteiger partial charge >= 0.3 is 0 Å². The fraction of sp³-hybridized carbons (Fsp3) is 0.333. The van der Waals surface area contributed by atoms with Crippen molar-refractivity contribution in [3.8, 4) is 0 Å². The maximum absolute atomic E-state index is 13.9. The Kier molecular flexibility index (Phi) is 5.37. The average molecular weight is 420 g/mol. The topological polar surface area (TPSA) is 37.8 Å². The minimum absolute atomic E-state index is 0.266. The van der Waals surface area contributed by atoms with Gasteiger partial charge in [0, 0.05) is 24.1 Å². The number of hydrogen-bond donors (Lipinski definition) is 1. The van der Waals surface area contributed by atoms with Crippen molar-refractivity contribution in [2.45, 2.75) is 26.2 Å². The van der Waals surface area contributed by atoms with Gasteiger partial charge in [0.2, 0.25) is 0 Å². The first-order valence-corrected chi connectivity index (χ1v) is 8.06. The van der Waals surface area contributed by atoms with E-state index in [1.54, 1.807) is 12.1 Å². The summed E-state index contributed by atoms with van der Waals surface area (Å²) >= 11 is 8.30. The molecule has 3 nitrogen and oxygen atoms in total. The number of aromatic nitrogens is 2. The lowest BCUT2D eigenvalue weighted by Crippen LogP contribution is -2.10. The van der Waals surface area contributed by atoms with E-state index in [-0.39, 0.29) is 18.2 Å². The Morgan fingerprint density at radius 3 is 2.62 bits per heavy atom. The van der Waals surface area contributed by atoms with E-state index in [2.05, 4.69) is 51.7 Å². The number of nitrogens with zero attached hydrogens (tertiary/aromatic N) is 2. The molecule has 2 rings (SSSR count). The Bertz CT molecular complexity index is 641. The van der Waals surface area contributed by atoms with Crippen LogP contribution < -0.4 is 5.32 Å². The number of anilines is 1. The summed E-state index contributed by atoms with van der Waals surface area (Å²) < 4.78 is 14.9. The molecule has 1 heterocycles. The summed E-state index contributed by atoms with van der Waals surface area (Å²) in [6, 6.07) is 4.67. The summed E-state index contributed by atoms with van der Waals surface area (Å²) in [5.74, 6) is 1.26. The van der Waals surface area contributed by atoms with Gasteiger partial charge in [0.1, 0.15) is 17.5 Å². The second-order valence-corrected chi connectivity index (χ2v) is 6.46. The number of rotatable bonds is 4. The molecule has 0 bridgehead atoms. The Balaban J connectivity index is 2.47. The molecule has 0 fully saturated rings. The molecule has 0 atom stereocenters. The predicted octanol–water partition coefficient (Wildman–Crippen LogP) is 4.63. The molecule has 2 aromatic rings. The van der Waals surface area contributed by atoms with Crippen molar-refractivity contribution in [2.24, 2.45) is 0 Å². The second kappa shape index (κ2) is 6.87. The molecule has 0 aliphatic carbocycles. The van der Waals surface area contributed by atoms with E-state index in [9.17, 15) is 4.39 Å². The van der Waals surface area contributed by atoms with Gasteiger partial charge in [0.15, 0.2) is 0 Å². The Morgan fingerprint density at radius 2 is 2.05 bits per heavy atom. The highest BCUT2D eigenvalue weighted by molar-refractivity contribution is 14.1. The second-order valence-electron chi connectivity index (χ2n) is 4.97. The predicted molar refractivity (Wildman–Crippen MR) is 92.6 cm³/mol. The zero-order valence-corrected chi connectivity index (χ0v) is 15.0. The fourth-order valence-electron chi connectivity index (χ4n) is 2.00. The quantitative estimate of drug-likeness (QED) is 0.734. The first-order chi connectivity index (χ1) is 9.93. The van der Waals surface area contributed by atoms with Crippen molar-refractivity contribution < 1.29 is 4.39 Å². The molecular weight excluding hydrogens is 404 g/mol. The minimum atomic E-state index is -0.332. The summed E-state index contributed by atoms with van der Waals surface area (Å²) in [6.45, 7) is 4.15. The SMILES string of the molecule is CNc1nc(Cc2c(F)cccc2Cl)nc(C(C)C)c1I. The van der Waals surface area contributed by atoms with Crippen molar-refractivity contribution in [2.75, 3.05) is 12.4 Å². The zero-order chi connectivity index (χ0) is 15.6. The van der Waals surface area contributed by atoms with Crippen LogP contribution in [0, 0.1) is 9.39 Å². The summed E-state index contributed by atoms with van der Waals surface area (Å²) in [6.07, 6.45) is 0.275. The smallest absolute Gasteiger partial charge is 0.143 e. The van der Waals surface area contributed by atoms with Crippen LogP contribution in [0.4, 0.5) is 10.2 Å². The number of nitrogens with one attached hydrogen (secondary N) is 1. The molecule has 1 aromatic heterocycles. The molecule has 0 aliphatic rings. The third kappa shape index (κ3) is 3.63. The largest absolute Gasteiger partial charge is 0.372 e. The maximum atomic E-state index is 13.9. The van der Waals surface area contributed by atoms with Crippen LogP contribution in [0.25, 0.3) is 0 Å². The summed E-state index contributed by atoms with van der Waals surface area (Å²) in [7, 11) is 1.81. The van der Waals surface area contributed by atoms with Gasteiger partial charge < -0.3 is 5.32 Å². The molecule has 0 unspecified atom stereocenters. The first kappa shape index (κ1) is 16.4. The minimum Gasteiger partial charge on any atom is -0.372 e. The van der Waals surface area contributed by atoms with Gasteiger partial charge in [-0.05, 0) is 40.6 Å². The fourth-order valence-corrected chi connectivity index (χ4v) is 3.36. The highest BCUT2D eigenvalue weighted by Crippen LogP contribution is 2.27. The highest BCUT2D eigenvalue weighted by Gasteiger charge is 2.16. The van der Waals surface area contributed by atoms with Crippen molar-refractivity contribution in [1.82, 2.24) is 9.97 Å². The van der Waals surface area contributed by atoms with E-state index >= 15 is 0 Å². The Morgan fingerprint density at radius 1 is 1.33 bits per heavy atom. The summed E-state index contributed by atoms with van der Waals surface area (Å²) in [5.41, 5.74) is 1.38. The molecule has 0 radical (unpaired) electrons. The van der Waals surface area contributed by atoms with Crippen LogP contribution >= 0.6 is 34.2 Å². The molecular formula is C15H16ClFIN3. The molecule has 0 saturated carbocycles. The molecule has 1 N–H and O–H groups in total. The van der Waals surface area contributed by atoms with Gasteiger partial charge in [-0.3, -0.25) is 0 Å². The van der Waals surface area contributed by atoms with Crippen LogP contribution in [-0.2, 0) is 6.42 Å². The van der Waals surface area contributed by atoms with Gasteiger partial charge in [-0.1, -0.05) is 31.5 Å². The average Bonchev–Trinajstić information content (AvgIpc) is 2.44. The van der Waals surface area contributed by atoms with E-state index in [4.69, 9.17) is 11.6 Å². The van der Waals surface area contributed by atoms with Crippen molar-refractivity contribution in [1.29, 1.82) is 0 Å². The molecule has 21 heavy (non-hydrogen) atoms. The van der Waals surface area contributed by atoms with E-state index < -0.39 is 0 Å². The maximum Gasteiger partial charge on any atom is 0.143 e. The standard InChI is InChI=1S/C15H16ClFIN3/c1-8(2)14-13(18)15(19-3)21-12(20-14)7-9-10(16)5-4-6-11(9)17/h4-6,8H,7H2,1-3H3,(H,19,20,21). The molecule has 0 amide bonds. The summed E-state index contributed by atoms with van der Waals surface area (Å²) in [4.78, 5) is 9.03. The number of halogens is 3. The lowest BCUT2D eigenvalue weighted by molar-refractivity contribution is 0.611. The Hall–Kier alpha value is -0.950. The molecule has 1 aromatic carbocycles. The van der Waals surface area contributed by atoms with Crippen LogP contribution in [0.5, 0.6) is 0 Å². The summed E-state index contributed by atoms with van der Waals surface area (Å²) in [5, 5.41) is 3.46. The lowest BCUT2D eigenvalue weighted by Gasteiger charge is -2.14. The normalized spacial score (nSPS) is 11.0. The molecule has 0 aliphatic heterocycles. The molecule has 112 valence electrons. The van der Waals surface area contributed by atoms with E-state index in [1.165, 1.54) is 6.07 Å². The molecule has 0 saturated heterocycles. The van der Waals surface area contributed by atoms with E-state index in [0.717, 1.165) is 15.1 Å². The first-order valence-electron chi connectivity index (χ1n) is 6.61. The third-order valence-corrected chi connectivity index (χ3v) is 4.52. The van der Waals surface area contributed by atoms with Gasteiger partial charge in [-0.2, -0.15) is 0 Å². The van der Waals surface area contributed by atoms with E-state index in [1.807, 2.05) is 7.05 Å². The third-order valence-electron chi connectivity index (χ3n) is 3.10. The monoisotopic (exact) mass is 419 g/mol. The van der Waals surface area contributed by atoms with Crippen molar-refractivity contribution in [3.63, 3.8) is 0 Å². The van der Waals surface area contributed by atoms with Crippen LogP contribution in [-0.4, -0.2) is 17.0 Å². The van der Waals surface area contributed by atoms with Crippen LogP contribution in [0.3, 0.4) is 0 Å².